The highest BCUT2D eigenvalue weighted by molar-refractivity contribution is 5.94. The highest BCUT2D eigenvalue weighted by Gasteiger charge is 2.13. The summed E-state index contributed by atoms with van der Waals surface area (Å²) in [7, 11) is 0. The van der Waals surface area contributed by atoms with Crippen LogP contribution >= 0.6 is 0 Å². The zero-order valence-electron chi connectivity index (χ0n) is 15.5. The van der Waals surface area contributed by atoms with Crippen LogP contribution in [0.2, 0.25) is 0 Å². The van der Waals surface area contributed by atoms with Crippen molar-refractivity contribution in [3.8, 4) is 0 Å². The van der Waals surface area contributed by atoms with Crippen LogP contribution in [0.5, 0.6) is 0 Å². The Labute approximate surface area is 159 Å². The molecule has 1 aliphatic heterocycles. The SMILES string of the molecule is Cc1ccc(CNC(=O)NCC(=O)Nc2ccc(N3CCCC3)nc2)cc1. The number of nitrogens with zero attached hydrogens (tertiary/aromatic N) is 2. The lowest BCUT2D eigenvalue weighted by atomic mass is 10.1. The first kappa shape index (κ1) is 18.7. The predicted molar refractivity (Wildman–Crippen MR) is 106 cm³/mol. The monoisotopic (exact) mass is 367 g/mol. The van der Waals surface area contributed by atoms with Gasteiger partial charge in [-0.25, -0.2) is 9.78 Å². The third kappa shape index (κ3) is 5.70. The minimum atomic E-state index is -0.381. The Kier molecular flexibility index (Phi) is 6.25. The van der Waals surface area contributed by atoms with E-state index in [0.717, 1.165) is 24.5 Å². The Hall–Kier alpha value is -3.09. The van der Waals surface area contributed by atoms with Crippen molar-refractivity contribution in [1.29, 1.82) is 0 Å². The van der Waals surface area contributed by atoms with Gasteiger partial charge in [0.1, 0.15) is 5.82 Å². The van der Waals surface area contributed by atoms with Crippen molar-refractivity contribution < 1.29 is 9.59 Å². The Morgan fingerprint density at radius 3 is 2.44 bits per heavy atom. The molecule has 2 heterocycles. The number of nitrogens with one attached hydrogen (secondary N) is 3. The fraction of sp³-hybridized carbons (Fsp3) is 0.350. The van der Waals surface area contributed by atoms with Crippen LogP contribution in [-0.2, 0) is 11.3 Å². The molecule has 2 aromatic rings. The summed E-state index contributed by atoms with van der Waals surface area (Å²) in [5.74, 6) is 0.635. The average molecular weight is 367 g/mol. The number of rotatable bonds is 6. The highest BCUT2D eigenvalue weighted by Crippen LogP contribution is 2.18. The molecule has 1 aliphatic rings. The van der Waals surface area contributed by atoms with Crippen LogP contribution in [0.15, 0.2) is 42.6 Å². The zero-order chi connectivity index (χ0) is 19.1. The van der Waals surface area contributed by atoms with Gasteiger partial charge in [-0.3, -0.25) is 4.79 Å². The number of benzene rings is 1. The summed E-state index contributed by atoms with van der Waals surface area (Å²) in [4.78, 5) is 30.4. The molecule has 1 saturated heterocycles. The molecule has 3 N–H and O–H groups in total. The van der Waals surface area contributed by atoms with Crippen LogP contribution < -0.4 is 20.9 Å². The molecule has 1 fully saturated rings. The molecule has 0 radical (unpaired) electrons. The second-order valence-corrected chi connectivity index (χ2v) is 6.67. The number of carbonyl (C=O) groups is 2. The Balaban J connectivity index is 1.38. The molecule has 7 heteroatoms. The van der Waals surface area contributed by atoms with Gasteiger partial charge in [-0.1, -0.05) is 29.8 Å². The molecule has 142 valence electrons. The normalized spacial score (nSPS) is 13.3. The Bertz CT molecular complexity index is 768. The van der Waals surface area contributed by atoms with Crippen LogP contribution in [0.25, 0.3) is 0 Å². The maximum absolute atomic E-state index is 12.0. The largest absolute Gasteiger partial charge is 0.357 e. The van der Waals surface area contributed by atoms with E-state index in [9.17, 15) is 9.59 Å². The highest BCUT2D eigenvalue weighted by atomic mass is 16.2. The van der Waals surface area contributed by atoms with Gasteiger partial charge in [0, 0.05) is 19.6 Å². The zero-order valence-corrected chi connectivity index (χ0v) is 15.5. The van der Waals surface area contributed by atoms with E-state index >= 15 is 0 Å². The fourth-order valence-corrected chi connectivity index (χ4v) is 2.91. The lowest BCUT2D eigenvalue weighted by Gasteiger charge is -2.16. The topological polar surface area (TPSA) is 86.4 Å². The molecule has 3 amide bonds. The number of pyridine rings is 1. The van der Waals surface area contributed by atoms with Crippen LogP contribution in [-0.4, -0.2) is 36.6 Å². The van der Waals surface area contributed by atoms with E-state index in [2.05, 4.69) is 25.8 Å². The number of hydrogen-bond acceptors (Lipinski definition) is 4. The number of aryl methyl sites for hydroxylation is 1. The van der Waals surface area contributed by atoms with E-state index in [1.807, 2.05) is 43.3 Å². The van der Waals surface area contributed by atoms with Crippen LogP contribution in [0.1, 0.15) is 24.0 Å². The molecule has 0 aliphatic carbocycles. The van der Waals surface area contributed by atoms with Gasteiger partial charge in [-0.05, 0) is 37.5 Å². The van der Waals surface area contributed by atoms with Crippen molar-refractivity contribution >= 4 is 23.4 Å². The maximum Gasteiger partial charge on any atom is 0.315 e. The van der Waals surface area contributed by atoms with Crippen molar-refractivity contribution in [3.63, 3.8) is 0 Å². The van der Waals surface area contributed by atoms with E-state index in [-0.39, 0.29) is 18.5 Å². The smallest absolute Gasteiger partial charge is 0.315 e. The molecule has 0 bridgehead atoms. The third-order valence-corrected chi connectivity index (χ3v) is 4.44. The maximum atomic E-state index is 12.0. The summed E-state index contributed by atoms with van der Waals surface area (Å²) in [6.07, 6.45) is 4.03. The Morgan fingerprint density at radius 2 is 1.78 bits per heavy atom. The lowest BCUT2D eigenvalue weighted by Crippen LogP contribution is -2.39. The molecule has 0 unspecified atom stereocenters. The van der Waals surface area contributed by atoms with Gasteiger partial charge in [0.2, 0.25) is 5.91 Å². The third-order valence-electron chi connectivity index (χ3n) is 4.44. The van der Waals surface area contributed by atoms with E-state index < -0.39 is 0 Å². The standard InChI is InChI=1S/C20H25N5O2/c1-15-4-6-16(7-5-15)12-22-20(27)23-14-19(26)24-17-8-9-18(21-13-17)25-10-2-3-11-25/h4-9,13H,2-3,10-12,14H2,1H3,(H,24,26)(H2,22,23,27). The second-order valence-electron chi connectivity index (χ2n) is 6.67. The number of hydrogen-bond donors (Lipinski definition) is 3. The van der Waals surface area contributed by atoms with Crippen molar-refractivity contribution in [2.24, 2.45) is 0 Å². The number of carbonyl (C=O) groups excluding carboxylic acids is 2. The number of urea groups is 1. The molecule has 7 nitrogen and oxygen atoms in total. The summed E-state index contributed by atoms with van der Waals surface area (Å²) in [5.41, 5.74) is 2.79. The number of amides is 3. The summed E-state index contributed by atoms with van der Waals surface area (Å²) in [6, 6.07) is 11.3. The molecule has 3 rings (SSSR count). The molecule has 1 aromatic heterocycles. The Morgan fingerprint density at radius 1 is 1.04 bits per heavy atom. The van der Waals surface area contributed by atoms with E-state index in [1.54, 1.807) is 6.20 Å². The van der Waals surface area contributed by atoms with Crippen LogP contribution in [0, 0.1) is 6.92 Å². The first-order valence-corrected chi connectivity index (χ1v) is 9.18. The van der Waals surface area contributed by atoms with Crippen LogP contribution in [0.4, 0.5) is 16.3 Å². The first-order chi connectivity index (χ1) is 13.1. The quantitative estimate of drug-likeness (QED) is 0.732. The molecular formula is C20H25N5O2. The fourth-order valence-electron chi connectivity index (χ4n) is 2.91. The van der Waals surface area contributed by atoms with Crippen molar-refractivity contribution in [2.45, 2.75) is 26.3 Å². The second kappa shape index (κ2) is 9.02. The summed E-state index contributed by atoms with van der Waals surface area (Å²) in [6.45, 7) is 4.38. The van der Waals surface area contributed by atoms with Gasteiger partial charge < -0.3 is 20.9 Å². The van der Waals surface area contributed by atoms with Gasteiger partial charge in [0.25, 0.3) is 0 Å². The molecule has 0 spiro atoms. The van der Waals surface area contributed by atoms with Gasteiger partial charge in [-0.15, -0.1) is 0 Å². The molecule has 27 heavy (non-hydrogen) atoms. The molecule has 0 atom stereocenters. The predicted octanol–water partition coefficient (Wildman–Crippen LogP) is 2.43. The molecule has 0 saturated carbocycles. The lowest BCUT2D eigenvalue weighted by molar-refractivity contribution is -0.115. The van der Waals surface area contributed by atoms with E-state index in [4.69, 9.17) is 0 Å². The summed E-state index contributed by atoms with van der Waals surface area (Å²) >= 11 is 0. The summed E-state index contributed by atoms with van der Waals surface area (Å²) < 4.78 is 0. The minimum absolute atomic E-state index is 0.104. The van der Waals surface area contributed by atoms with Gasteiger partial charge >= 0.3 is 6.03 Å². The van der Waals surface area contributed by atoms with Crippen LogP contribution in [0.3, 0.4) is 0 Å². The van der Waals surface area contributed by atoms with E-state index in [0.29, 0.717) is 12.2 Å². The number of anilines is 2. The summed E-state index contributed by atoms with van der Waals surface area (Å²) in [5, 5.41) is 8.01. The van der Waals surface area contributed by atoms with Gasteiger partial charge in [-0.2, -0.15) is 0 Å². The number of aromatic nitrogens is 1. The van der Waals surface area contributed by atoms with Crippen molar-refractivity contribution in [1.82, 2.24) is 15.6 Å². The van der Waals surface area contributed by atoms with Crippen molar-refractivity contribution in [3.05, 3.63) is 53.7 Å². The van der Waals surface area contributed by atoms with Crippen molar-refractivity contribution in [2.75, 3.05) is 29.9 Å². The molecular weight excluding hydrogens is 342 g/mol. The van der Waals surface area contributed by atoms with Gasteiger partial charge in [0.15, 0.2) is 0 Å². The first-order valence-electron chi connectivity index (χ1n) is 9.18. The average Bonchev–Trinajstić information content (AvgIpc) is 3.21. The van der Waals surface area contributed by atoms with E-state index in [1.165, 1.54) is 18.4 Å². The molecule has 1 aromatic carbocycles. The van der Waals surface area contributed by atoms with Gasteiger partial charge in [0.05, 0.1) is 18.4 Å². The minimum Gasteiger partial charge on any atom is -0.357 e.